The second-order valence-corrected chi connectivity index (χ2v) is 5.37. The summed E-state index contributed by atoms with van der Waals surface area (Å²) in [6.45, 7) is 2.97. The van der Waals surface area contributed by atoms with Crippen molar-refractivity contribution in [3.05, 3.63) is 0 Å². The molecule has 0 aromatic rings. The van der Waals surface area contributed by atoms with Gasteiger partial charge in [-0.15, -0.1) is 0 Å². The summed E-state index contributed by atoms with van der Waals surface area (Å²) in [5, 5.41) is 0. The normalized spacial score (nSPS) is 27.0. The molecule has 0 unspecified atom stereocenters. The lowest BCUT2D eigenvalue weighted by Crippen LogP contribution is -2.39. The summed E-state index contributed by atoms with van der Waals surface area (Å²) in [4.78, 5) is 1.87. The Balaban J connectivity index is 1.57. The zero-order chi connectivity index (χ0) is 13.7. The van der Waals surface area contributed by atoms with E-state index in [1.165, 1.54) is 0 Å². The Labute approximate surface area is 112 Å². The van der Waals surface area contributed by atoms with E-state index in [9.17, 15) is 13.2 Å². The number of hydrogen-bond donors (Lipinski definition) is 0. The fourth-order valence-electron chi connectivity index (χ4n) is 2.60. The first-order chi connectivity index (χ1) is 9.03. The SMILES string of the molecule is FC(F)(F)CCN1CCC(OC[C@H]2CCCO2)CC1. The van der Waals surface area contributed by atoms with Crippen molar-refractivity contribution in [3.8, 4) is 0 Å². The summed E-state index contributed by atoms with van der Waals surface area (Å²) >= 11 is 0. The van der Waals surface area contributed by atoms with E-state index in [4.69, 9.17) is 9.47 Å². The van der Waals surface area contributed by atoms with Crippen LogP contribution in [-0.2, 0) is 9.47 Å². The third kappa shape index (κ3) is 5.67. The fraction of sp³-hybridized carbons (Fsp3) is 1.00. The highest BCUT2D eigenvalue weighted by molar-refractivity contribution is 4.74. The van der Waals surface area contributed by atoms with E-state index in [0.29, 0.717) is 19.7 Å². The van der Waals surface area contributed by atoms with Crippen LogP contribution < -0.4 is 0 Å². The standard InChI is InChI=1S/C13H22F3NO2/c14-13(15,16)5-8-17-6-3-11(4-7-17)19-10-12-2-1-9-18-12/h11-12H,1-10H2/t12-/m1/s1. The third-order valence-electron chi connectivity index (χ3n) is 3.79. The molecule has 0 radical (unpaired) electrons. The van der Waals surface area contributed by atoms with Crippen LogP contribution in [0.15, 0.2) is 0 Å². The molecule has 6 heteroatoms. The lowest BCUT2D eigenvalue weighted by molar-refractivity contribution is -0.139. The Morgan fingerprint density at radius 2 is 1.89 bits per heavy atom. The van der Waals surface area contributed by atoms with Gasteiger partial charge < -0.3 is 14.4 Å². The van der Waals surface area contributed by atoms with Gasteiger partial charge in [-0.25, -0.2) is 0 Å². The first-order valence-electron chi connectivity index (χ1n) is 7.05. The molecule has 0 aromatic heterocycles. The Hall–Kier alpha value is -0.330. The maximum absolute atomic E-state index is 12.1. The van der Waals surface area contributed by atoms with Crippen molar-refractivity contribution in [2.75, 3.05) is 32.8 Å². The van der Waals surface area contributed by atoms with Gasteiger partial charge in [-0.3, -0.25) is 0 Å². The van der Waals surface area contributed by atoms with Gasteiger partial charge in [0, 0.05) is 26.2 Å². The first kappa shape index (κ1) is 15.1. The predicted molar refractivity (Wildman–Crippen MR) is 65.1 cm³/mol. The fourth-order valence-corrected chi connectivity index (χ4v) is 2.60. The van der Waals surface area contributed by atoms with E-state index in [1.807, 2.05) is 4.90 Å². The molecule has 2 saturated heterocycles. The highest BCUT2D eigenvalue weighted by Crippen LogP contribution is 2.22. The van der Waals surface area contributed by atoms with Gasteiger partial charge in [0.15, 0.2) is 0 Å². The molecule has 19 heavy (non-hydrogen) atoms. The molecule has 2 fully saturated rings. The Kier molecular flexibility index (Phi) is 5.47. The number of ether oxygens (including phenoxy) is 2. The van der Waals surface area contributed by atoms with E-state index in [0.717, 1.165) is 32.3 Å². The maximum Gasteiger partial charge on any atom is 0.390 e. The van der Waals surface area contributed by atoms with Crippen molar-refractivity contribution in [3.63, 3.8) is 0 Å². The van der Waals surface area contributed by atoms with Gasteiger partial charge >= 0.3 is 6.18 Å². The van der Waals surface area contributed by atoms with Crippen LogP contribution in [0.1, 0.15) is 32.1 Å². The number of piperidine rings is 1. The summed E-state index contributed by atoms with van der Waals surface area (Å²) in [6.07, 6.45) is -0.542. The molecule has 112 valence electrons. The Bertz CT molecular complexity index is 259. The van der Waals surface area contributed by atoms with Crippen LogP contribution in [-0.4, -0.2) is 56.1 Å². The number of hydrogen-bond acceptors (Lipinski definition) is 3. The first-order valence-corrected chi connectivity index (χ1v) is 7.05. The van der Waals surface area contributed by atoms with Crippen LogP contribution in [0.4, 0.5) is 13.2 Å². The zero-order valence-corrected chi connectivity index (χ0v) is 11.1. The number of rotatable bonds is 5. The van der Waals surface area contributed by atoms with Crippen LogP contribution in [0, 0.1) is 0 Å². The van der Waals surface area contributed by atoms with Crippen LogP contribution in [0.2, 0.25) is 0 Å². The number of halogens is 3. The van der Waals surface area contributed by atoms with E-state index >= 15 is 0 Å². The maximum atomic E-state index is 12.1. The topological polar surface area (TPSA) is 21.7 Å². The van der Waals surface area contributed by atoms with Gasteiger partial charge in [0.25, 0.3) is 0 Å². The monoisotopic (exact) mass is 281 g/mol. The van der Waals surface area contributed by atoms with Gasteiger partial charge in [0.1, 0.15) is 0 Å². The van der Waals surface area contributed by atoms with Gasteiger partial charge in [0.05, 0.1) is 25.2 Å². The molecule has 0 aliphatic carbocycles. The molecule has 2 heterocycles. The molecule has 1 atom stereocenters. The molecule has 0 spiro atoms. The van der Waals surface area contributed by atoms with Gasteiger partial charge in [-0.2, -0.15) is 13.2 Å². The lowest BCUT2D eigenvalue weighted by Gasteiger charge is -2.32. The predicted octanol–water partition coefficient (Wildman–Crippen LogP) is 2.60. The number of alkyl halides is 3. The Morgan fingerprint density at radius 1 is 1.16 bits per heavy atom. The minimum Gasteiger partial charge on any atom is -0.376 e. The van der Waals surface area contributed by atoms with E-state index in [2.05, 4.69) is 0 Å². The Morgan fingerprint density at radius 3 is 2.47 bits per heavy atom. The largest absolute Gasteiger partial charge is 0.390 e. The van der Waals surface area contributed by atoms with Gasteiger partial charge in [0.2, 0.25) is 0 Å². The molecule has 3 nitrogen and oxygen atoms in total. The van der Waals surface area contributed by atoms with Crippen molar-refractivity contribution in [2.24, 2.45) is 0 Å². The van der Waals surface area contributed by atoms with Crippen molar-refractivity contribution < 1.29 is 22.6 Å². The third-order valence-corrected chi connectivity index (χ3v) is 3.79. The second-order valence-electron chi connectivity index (χ2n) is 5.37. The summed E-state index contributed by atoms with van der Waals surface area (Å²) in [7, 11) is 0. The van der Waals surface area contributed by atoms with E-state index < -0.39 is 12.6 Å². The molecule has 0 aromatic carbocycles. The van der Waals surface area contributed by atoms with Gasteiger partial charge in [-0.05, 0) is 25.7 Å². The van der Waals surface area contributed by atoms with Crippen molar-refractivity contribution in [1.29, 1.82) is 0 Å². The quantitative estimate of drug-likeness (QED) is 0.773. The van der Waals surface area contributed by atoms with Crippen LogP contribution in [0.25, 0.3) is 0 Å². The molecule has 0 bridgehead atoms. The van der Waals surface area contributed by atoms with Crippen LogP contribution in [0.5, 0.6) is 0 Å². The summed E-state index contributed by atoms with van der Waals surface area (Å²) < 4.78 is 47.6. The molecule has 0 N–H and O–H groups in total. The molecular weight excluding hydrogens is 259 g/mol. The van der Waals surface area contributed by atoms with Crippen molar-refractivity contribution in [2.45, 2.75) is 50.5 Å². The molecular formula is C13H22F3NO2. The molecule has 0 amide bonds. The second kappa shape index (κ2) is 6.90. The average Bonchev–Trinajstić information content (AvgIpc) is 2.87. The molecule has 2 rings (SSSR count). The van der Waals surface area contributed by atoms with E-state index in [-0.39, 0.29) is 18.8 Å². The van der Waals surface area contributed by atoms with Crippen molar-refractivity contribution in [1.82, 2.24) is 4.90 Å². The minimum absolute atomic E-state index is 0.113. The average molecular weight is 281 g/mol. The van der Waals surface area contributed by atoms with Crippen LogP contribution in [0.3, 0.4) is 0 Å². The molecule has 0 saturated carbocycles. The minimum atomic E-state index is -4.05. The summed E-state index contributed by atoms with van der Waals surface area (Å²) in [6, 6.07) is 0. The summed E-state index contributed by atoms with van der Waals surface area (Å²) in [5.41, 5.74) is 0. The molecule has 2 aliphatic rings. The number of likely N-dealkylation sites (tertiary alicyclic amines) is 1. The highest BCUT2D eigenvalue weighted by Gasteiger charge is 2.29. The zero-order valence-electron chi connectivity index (χ0n) is 11.1. The van der Waals surface area contributed by atoms with E-state index in [1.54, 1.807) is 0 Å². The van der Waals surface area contributed by atoms with Crippen LogP contribution >= 0.6 is 0 Å². The lowest BCUT2D eigenvalue weighted by atomic mass is 10.1. The highest BCUT2D eigenvalue weighted by atomic mass is 19.4. The summed E-state index contributed by atoms with van der Waals surface area (Å²) in [5.74, 6) is 0. The van der Waals surface area contributed by atoms with Crippen molar-refractivity contribution >= 4 is 0 Å². The van der Waals surface area contributed by atoms with Gasteiger partial charge in [-0.1, -0.05) is 0 Å². The number of nitrogens with zero attached hydrogens (tertiary/aromatic N) is 1. The molecule has 2 aliphatic heterocycles. The smallest absolute Gasteiger partial charge is 0.376 e.